The van der Waals surface area contributed by atoms with Crippen molar-refractivity contribution in [3.05, 3.63) is 109 Å². The predicted molar refractivity (Wildman–Crippen MR) is 160 cm³/mol. The minimum Gasteiger partial charge on any atom is -0.377 e. The molecule has 1 aliphatic carbocycles. The summed E-state index contributed by atoms with van der Waals surface area (Å²) in [6.45, 7) is 7.77. The van der Waals surface area contributed by atoms with Gasteiger partial charge in [0.15, 0.2) is 0 Å². The molecule has 0 heterocycles. The van der Waals surface area contributed by atoms with Crippen molar-refractivity contribution in [3.63, 3.8) is 0 Å². The largest absolute Gasteiger partial charge is 0.377 e. The Hall–Kier alpha value is -2.90. The summed E-state index contributed by atoms with van der Waals surface area (Å²) in [5, 5.41) is 0. The quantitative estimate of drug-likeness (QED) is 0.170. The van der Waals surface area contributed by atoms with Crippen LogP contribution in [0.2, 0.25) is 0 Å². The maximum absolute atomic E-state index is 5.99. The Kier molecular flexibility index (Phi) is 10.8. The molecule has 3 aromatic carbocycles. The highest BCUT2D eigenvalue weighted by atomic mass is 16.5. The average molecular weight is 493 g/mol. The summed E-state index contributed by atoms with van der Waals surface area (Å²) in [6, 6.07) is 26.6. The van der Waals surface area contributed by atoms with Crippen LogP contribution in [0.15, 0.2) is 97.6 Å². The Morgan fingerprint density at radius 1 is 0.811 bits per heavy atom. The molecule has 0 aliphatic heterocycles. The van der Waals surface area contributed by atoms with Crippen LogP contribution in [0.1, 0.15) is 69.4 Å². The Morgan fingerprint density at radius 3 is 2.24 bits per heavy atom. The van der Waals surface area contributed by atoms with Gasteiger partial charge in [0.1, 0.15) is 0 Å². The fraction of sp³-hybridized carbons (Fsp3) is 0.389. The van der Waals surface area contributed by atoms with Crippen LogP contribution in [0, 0.1) is 11.8 Å². The van der Waals surface area contributed by atoms with Crippen molar-refractivity contribution in [3.8, 4) is 22.3 Å². The van der Waals surface area contributed by atoms with Gasteiger partial charge in [-0.25, -0.2) is 0 Å². The molecule has 1 nitrogen and oxygen atoms in total. The first kappa shape index (κ1) is 27.1. The van der Waals surface area contributed by atoms with E-state index in [0.29, 0.717) is 6.61 Å². The molecule has 3 aromatic rings. The highest BCUT2D eigenvalue weighted by molar-refractivity contribution is 5.72. The van der Waals surface area contributed by atoms with Crippen molar-refractivity contribution in [2.75, 3.05) is 6.61 Å². The van der Waals surface area contributed by atoms with Gasteiger partial charge in [-0.3, -0.25) is 0 Å². The molecule has 0 atom stereocenters. The summed E-state index contributed by atoms with van der Waals surface area (Å²) < 4.78 is 5.99. The van der Waals surface area contributed by atoms with Gasteiger partial charge in [0.2, 0.25) is 0 Å². The van der Waals surface area contributed by atoms with Crippen LogP contribution in [-0.4, -0.2) is 6.61 Å². The van der Waals surface area contributed by atoms with E-state index in [1.54, 1.807) is 0 Å². The van der Waals surface area contributed by atoms with E-state index in [1.807, 2.05) is 0 Å². The second-order valence-electron chi connectivity index (χ2n) is 10.6. The first-order valence-electron chi connectivity index (χ1n) is 14.4. The Morgan fingerprint density at radius 2 is 1.51 bits per heavy atom. The number of benzene rings is 3. The van der Waals surface area contributed by atoms with Crippen LogP contribution >= 0.6 is 0 Å². The van der Waals surface area contributed by atoms with Gasteiger partial charge in [0, 0.05) is 6.61 Å². The van der Waals surface area contributed by atoms with Gasteiger partial charge in [0.05, 0.1) is 6.61 Å². The van der Waals surface area contributed by atoms with E-state index in [1.165, 1.54) is 71.9 Å². The van der Waals surface area contributed by atoms with Gasteiger partial charge in [-0.15, -0.1) is 6.58 Å². The average Bonchev–Trinajstić information content (AvgIpc) is 2.96. The molecular weight excluding hydrogens is 448 g/mol. The highest BCUT2D eigenvalue weighted by Crippen LogP contribution is 2.31. The first-order chi connectivity index (χ1) is 18.3. The Balaban J connectivity index is 1.45. The summed E-state index contributed by atoms with van der Waals surface area (Å²) in [4.78, 5) is 0. The minimum atomic E-state index is 0.701. The lowest BCUT2D eigenvalue weighted by molar-refractivity contribution is 0.117. The lowest BCUT2D eigenvalue weighted by atomic mass is 9.82. The van der Waals surface area contributed by atoms with Crippen LogP contribution in [0.25, 0.3) is 22.3 Å². The van der Waals surface area contributed by atoms with E-state index in [4.69, 9.17) is 4.74 Å². The van der Waals surface area contributed by atoms with Crippen molar-refractivity contribution in [1.82, 2.24) is 0 Å². The fourth-order valence-electron chi connectivity index (χ4n) is 5.44. The number of hydrogen-bond donors (Lipinski definition) is 0. The Labute approximate surface area is 225 Å². The summed E-state index contributed by atoms with van der Waals surface area (Å²) in [5.41, 5.74) is 7.85. The summed E-state index contributed by atoms with van der Waals surface area (Å²) in [5.74, 6) is 1.47. The summed E-state index contributed by atoms with van der Waals surface area (Å²) >= 11 is 0. The zero-order valence-corrected chi connectivity index (χ0v) is 22.7. The molecule has 37 heavy (non-hydrogen) atoms. The maximum Gasteiger partial charge on any atom is 0.0716 e. The van der Waals surface area contributed by atoms with E-state index in [2.05, 4.69) is 105 Å². The molecule has 1 aliphatic rings. The molecule has 1 heteroatoms. The molecule has 0 saturated heterocycles. The minimum absolute atomic E-state index is 0.701. The van der Waals surface area contributed by atoms with Crippen LogP contribution in [-0.2, 0) is 17.8 Å². The molecule has 0 unspecified atom stereocenters. The number of ether oxygens (including phenoxy) is 1. The van der Waals surface area contributed by atoms with E-state index in [9.17, 15) is 0 Å². The summed E-state index contributed by atoms with van der Waals surface area (Å²) in [7, 11) is 0. The van der Waals surface area contributed by atoms with Crippen molar-refractivity contribution in [1.29, 1.82) is 0 Å². The van der Waals surface area contributed by atoms with E-state index >= 15 is 0 Å². The molecule has 0 spiro atoms. The van der Waals surface area contributed by atoms with Crippen molar-refractivity contribution in [2.45, 2.75) is 71.3 Å². The zero-order valence-electron chi connectivity index (χ0n) is 22.7. The number of aryl methyl sites for hydroxylation is 1. The molecule has 1 fully saturated rings. The van der Waals surface area contributed by atoms with E-state index in [-0.39, 0.29) is 0 Å². The maximum atomic E-state index is 5.99. The molecule has 1 saturated carbocycles. The predicted octanol–water partition coefficient (Wildman–Crippen LogP) is 10.2. The fourth-order valence-corrected chi connectivity index (χ4v) is 5.44. The molecule has 0 amide bonds. The van der Waals surface area contributed by atoms with Gasteiger partial charge >= 0.3 is 0 Å². The topological polar surface area (TPSA) is 9.23 Å². The molecule has 4 rings (SSSR count). The molecule has 194 valence electrons. The normalized spacial score (nSPS) is 17.8. The molecule has 0 bridgehead atoms. The highest BCUT2D eigenvalue weighted by Gasteiger charge is 2.16. The lowest BCUT2D eigenvalue weighted by Crippen LogP contribution is -2.10. The summed E-state index contributed by atoms with van der Waals surface area (Å²) in [6.07, 6.45) is 18.0. The van der Waals surface area contributed by atoms with Crippen LogP contribution < -0.4 is 0 Å². The molecular formula is C36H44O. The van der Waals surface area contributed by atoms with Gasteiger partial charge in [-0.1, -0.05) is 111 Å². The third kappa shape index (κ3) is 8.30. The molecule has 0 radical (unpaired) electrons. The third-order valence-electron chi connectivity index (χ3n) is 7.77. The van der Waals surface area contributed by atoms with Gasteiger partial charge < -0.3 is 4.74 Å². The third-order valence-corrected chi connectivity index (χ3v) is 7.77. The smallest absolute Gasteiger partial charge is 0.0716 e. The van der Waals surface area contributed by atoms with Gasteiger partial charge in [-0.05, 0) is 90.2 Å². The molecule has 0 aromatic heterocycles. The number of rotatable bonds is 13. The SMILES string of the molecule is C=CC1CCC(/C=C/CCc2cc(COCCCCC)ccc2-c2ccc(-c3ccccc3)cc2)CC1. The Bertz CT molecular complexity index is 1100. The van der Waals surface area contributed by atoms with Crippen LogP contribution in [0.4, 0.5) is 0 Å². The van der Waals surface area contributed by atoms with Crippen molar-refractivity contribution >= 4 is 0 Å². The first-order valence-corrected chi connectivity index (χ1v) is 14.4. The van der Waals surface area contributed by atoms with Crippen LogP contribution in [0.5, 0.6) is 0 Å². The lowest BCUT2D eigenvalue weighted by Gasteiger charge is -2.24. The molecule has 0 N–H and O–H groups in total. The number of unbranched alkanes of at least 4 members (excludes halogenated alkanes) is 2. The van der Waals surface area contributed by atoms with Gasteiger partial charge in [-0.2, -0.15) is 0 Å². The van der Waals surface area contributed by atoms with E-state index < -0.39 is 0 Å². The second kappa shape index (κ2) is 14.7. The zero-order chi connectivity index (χ0) is 25.7. The number of hydrogen-bond acceptors (Lipinski definition) is 1. The second-order valence-corrected chi connectivity index (χ2v) is 10.6. The monoisotopic (exact) mass is 492 g/mol. The van der Waals surface area contributed by atoms with Crippen molar-refractivity contribution < 1.29 is 4.74 Å². The van der Waals surface area contributed by atoms with Gasteiger partial charge in [0.25, 0.3) is 0 Å². The van der Waals surface area contributed by atoms with Crippen LogP contribution in [0.3, 0.4) is 0 Å². The standard InChI is InChI=1S/C36H44O/c1-3-5-11-26-37-28-31-20-25-36(34-23-21-33(22-24-34)32-13-7-6-8-14-32)35(27-31)15-10-9-12-30-18-16-29(4-2)17-19-30/h4,6-9,12-14,20-25,27,29-30H,2-3,5,10-11,15-19,26,28H2,1H3/b12-9+. The van der Waals surface area contributed by atoms with Crippen molar-refractivity contribution in [2.24, 2.45) is 11.8 Å². The van der Waals surface area contributed by atoms with E-state index in [0.717, 1.165) is 37.7 Å². The number of allylic oxidation sites excluding steroid dienone is 3.